The highest BCUT2D eigenvalue weighted by Gasteiger charge is 2.58. The van der Waals surface area contributed by atoms with Gasteiger partial charge in [0.1, 0.15) is 33.9 Å². The Morgan fingerprint density at radius 2 is 1.91 bits per heavy atom. The number of carbonyl (C=O) groups excluding carboxylic acids is 2. The summed E-state index contributed by atoms with van der Waals surface area (Å²) in [6.07, 6.45) is -6.68. The van der Waals surface area contributed by atoms with Gasteiger partial charge < -0.3 is 25.6 Å². The van der Waals surface area contributed by atoms with Gasteiger partial charge in [-0.25, -0.2) is 4.98 Å². The second kappa shape index (κ2) is 10.6. The standard InChI is InChI=1S/C29H25F6N5O5S/c1-26(25(36)42)12-45-23-16(26)9-19(38-22(23)18-5-6-20(46-18)28(30,31)32)27(43,29(33,34)35)11-37-24(41)13-7-14-10-40(15-3-4-15)39-21(14)17(8-13)44-2/h5-10,15,43H,3-4,11-12H2,1-2H3,(H2,36,42)(H,37,41)/t26-,27?/m0/s1. The molecule has 0 spiro atoms. The van der Waals surface area contributed by atoms with Crippen molar-refractivity contribution in [2.45, 2.75) is 49.2 Å². The van der Waals surface area contributed by atoms with Gasteiger partial charge in [0.25, 0.3) is 5.91 Å². The summed E-state index contributed by atoms with van der Waals surface area (Å²) in [4.78, 5) is 28.2. The number of aliphatic hydroxyl groups is 1. The average molecular weight is 670 g/mol. The normalized spacial score (nSPS) is 19.4. The number of pyridine rings is 1. The Kier molecular flexibility index (Phi) is 7.27. The first-order valence-corrected chi connectivity index (χ1v) is 14.6. The van der Waals surface area contributed by atoms with E-state index in [1.54, 1.807) is 10.9 Å². The van der Waals surface area contributed by atoms with Crippen molar-refractivity contribution in [2.75, 3.05) is 20.3 Å². The maximum absolute atomic E-state index is 14.7. The maximum Gasteiger partial charge on any atom is 0.425 e. The summed E-state index contributed by atoms with van der Waals surface area (Å²) in [6.45, 7) is -0.599. The van der Waals surface area contributed by atoms with Crippen molar-refractivity contribution in [1.29, 1.82) is 0 Å². The Bertz CT molecular complexity index is 1880. The van der Waals surface area contributed by atoms with Crippen LogP contribution in [-0.4, -0.2) is 58.1 Å². The first-order chi connectivity index (χ1) is 21.5. The van der Waals surface area contributed by atoms with Crippen LogP contribution in [0.1, 0.15) is 52.3 Å². The van der Waals surface area contributed by atoms with Crippen molar-refractivity contribution in [2.24, 2.45) is 5.73 Å². The van der Waals surface area contributed by atoms with E-state index in [0.717, 1.165) is 31.0 Å². The molecule has 1 saturated carbocycles. The highest BCUT2D eigenvalue weighted by molar-refractivity contribution is 7.15. The van der Waals surface area contributed by atoms with Crippen molar-refractivity contribution >= 4 is 34.1 Å². The van der Waals surface area contributed by atoms with E-state index in [1.807, 2.05) is 0 Å². The Labute approximate surface area is 260 Å². The number of halogens is 6. The Morgan fingerprint density at radius 1 is 1.20 bits per heavy atom. The molecule has 2 aliphatic rings. The van der Waals surface area contributed by atoms with E-state index in [4.69, 9.17) is 15.2 Å². The summed E-state index contributed by atoms with van der Waals surface area (Å²) >= 11 is 0.186. The molecular formula is C29H25F6N5O5S. The van der Waals surface area contributed by atoms with Crippen LogP contribution >= 0.6 is 11.3 Å². The predicted molar refractivity (Wildman–Crippen MR) is 151 cm³/mol. The third-order valence-corrected chi connectivity index (χ3v) is 9.26. The number of hydrogen-bond donors (Lipinski definition) is 3. The monoisotopic (exact) mass is 669 g/mol. The number of rotatable bonds is 8. The zero-order valence-corrected chi connectivity index (χ0v) is 24.9. The number of aromatic nitrogens is 3. The van der Waals surface area contributed by atoms with Crippen LogP contribution in [0.5, 0.6) is 11.5 Å². The molecule has 1 fully saturated rings. The number of fused-ring (bicyclic) bond motifs is 2. The lowest BCUT2D eigenvalue weighted by Gasteiger charge is -2.31. The van der Waals surface area contributed by atoms with Gasteiger partial charge in [-0.1, -0.05) is 0 Å². The molecule has 4 heterocycles. The van der Waals surface area contributed by atoms with Gasteiger partial charge in [0.05, 0.1) is 30.3 Å². The lowest BCUT2D eigenvalue weighted by Crippen LogP contribution is -2.51. The molecule has 3 aromatic heterocycles. The first kappa shape index (κ1) is 31.6. The number of amides is 2. The van der Waals surface area contributed by atoms with Gasteiger partial charge >= 0.3 is 12.4 Å². The lowest BCUT2D eigenvalue weighted by atomic mass is 9.82. The number of benzene rings is 1. The number of thiophene rings is 1. The molecule has 244 valence electrons. The minimum atomic E-state index is -5.47. The Morgan fingerprint density at radius 3 is 2.50 bits per heavy atom. The van der Waals surface area contributed by atoms with Crippen LogP contribution in [0.25, 0.3) is 21.5 Å². The Hall–Kier alpha value is -4.38. The number of hydrogen-bond acceptors (Lipinski definition) is 8. The van der Waals surface area contributed by atoms with Crippen LogP contribution in [0.2, 0.25) is 0 Å². The van der Waals surface area contributed by atoms with Crippen molar-refractivity contribution in [1.82, 2.24) is 20.1 Å². The molecule has 10 nitrogen and oxygen atoms in total. The molecule has 4 N–H and O–H groups in total. The highest BCUT2D eigenvalue weighted by Crippen LogP contribution is 2.49. The van der Waals surface area contributed by atoms with E-state index in [9.17, 15) is 41.0 Å². The fraction of sp³-hybridized carbons (Fsp3) is 0.379. The smallest absolute Gasteiger partial charge is 0.425 e. The zero-order valence-electron chi connectivity index (χ0n) is 24.0. The molecule has 0 bridgehead atoms. The molecule has 1 aromatic carbocycles. The van der Waals surface area contributed by atoms with Crippen molar-refractivity contribution in [3.8, 4) is 22.1 Å². The van der Waals surface area contributed by atoms with Crippen LogP contribution in [0, 0.1) is 0 Å². The number of carbonyl (C=O) groups is 2. The van der Waals surface area contributed by atoms with E-state index >= 15 is 0 Å². The van der Waals surface area contributed by atoms with Crippen LogP contribution in [0.15, 0.2) is 36.5 Å². The van der Waals surface area contributed by atoms with Gasteiger partial charge in [-0.3, -0.25) is 14.3 Å². The van der Waals surface area contributed by atoms with Crippen LogP contribution in [0.3, 0.4) is 0 Å². The van der Waals surface area contributed by atoms with E-state index in [1.165, 1.54) is 26.2 Å². The molecule has 2 atom stereocenters. The van der Waals surface area contributed by atoms with Gasteiger partial charge in [0.2, 0.25) is 11.5 Å². The number of alkyl halides is 6. The summed E-state index contributed by atoms with van der Waals surface area (Å²) in [7, 11) is 1.35. The van der Waals surface area contributed by atoms with E-state index in [2.05, 4.69) is 15.4 Å². The van der Waals surface area contributed by atoms with Crippen LogP contribution in [0.4, 0.5) is 26.3 Å². The SMILES string of the molecule is COc1cc(C(=O)NCC(O)(c2cc3c(c(-c4ccc(C(F)(F)F)s4)n2)OC[C@]3(C)C(N)=O)C(F)(F)F)cc2cn(C3CC3)nc12. The van der Waals surface area contributed by atoms with Gasteiger partial charge in [0.15, 0.2) is 5.75 Å². The fourth-order valence-corrected chi connectivity index (χ4v) is 6.02. The quantitative estimate of drug-likeness (QED) is 0.228. The van der Waals surface area contributed by atoms with Crippen molar-refractivity contribution in [3.05, 3.63) is 58.2 Å². The Balaban J connectivity index is 1.40. The van der Waals surface area contributed by atoms with Crippen molar-refractivity contribution < 1.29 is 50.5 Å². The van der Waals surface area contributed by atoms with Gasteiger partial charge in [-0.05, 0) is 50.1 Å². The molecule has 17 heteroatoms. The molecule has 1 aliphatic carbocycles. The third kappa shape index (κ3) is 5.20. The molecule has 4 aromatic rings. The number of nitrogens with zero attached hydrogens (tertiary/aromatic N) is 3. The van der Waals surface area contributed by atoms with Crippen LogP contribution in [-0.2, 0) is 22.0 Å². The lowest BCUT2D eigenvalue weighted by molar-refractivity contribution is -0.265. The maximum atomic E-state index is 14.7. The minimum absolute atomic E-state index is 0.0835. The number of ether oxygens (including phenoxy) is 2. The second-order valence-electron chi connectivity index (χ2n) is 11.4. The van der Waals surface area contributed by atoms with Gasteiger partial charge in [-0.15, -0.1) is 11.3 Å². The second-order valence-corrected chi connectivity index (χ2v) is 12.5. The molecule has 0 radical (unpaired) electrons. The van der Waals surface area contributed by atoms with Gasteiger partial charge in [0, 0.05) is 22.7 Å². The summed E-state index contributed by atoms with van der Waals surface area (Å²) in [5.74, 6) is -2.03. The summed E-state index contributed by atoms with van der Waals surface area (Å²) in [5.41, 5.74) is -1.43. The molecule has 46 heavy (non-hydrogen) atoms. The largest absolute Gasteiger partial charge is 0.494 e. The molecule has 1 unspecified atom stereocenters. The summed E-state index contributed by atoms with van der Waals surface area (Å²) in [5, 5.41) is 18.3. The topological polar surface area (TPSA) is 142 Å². The minimum Gasteiger partial charge on any atom is -0.494 e. The summed E-state index contributed by atoms with van der Waals surface area (Å²) in [6, 6.07) is 5.41. The van der Waals surface area contributed by atoms with E-state index < -0.39 is 64.6 Å². The molecular weight excluding hydrogens is 644 g/mol. The van der Waals surface area contributed by atoms with E-state index in [-0.39, 0.29) is 44.9 Å². The summed E-state index contributed by atoms with van der Waals surface area (Å²) < 4.78 is 96.9. The predicted octanol–water partition coefficient (Wildman–Crippen LogP) is 4.84. The molecule has 1 aliphatic heterocycles. The average Bonchev–Trinajstić information content (AvgIpc) is 3.38. The first-order valence-electron chi connectivity index (χ1n) is 13.8. The number of primary amides is 1. The third-order valence-electron chi connectivity index (χ3n) is 8.13. The fourth-order valence-electron chi connectivity index (χ4n) is 5.16. The van der Waals surface area contributed by atoms with Gasteiger partial charge in [-0.2, -0.15) is 31.4 Å². The molecule has 6 rings (SSSR count). The van der Waals surface area contributed by atoms with Crippen molar-refractivity contribution in [3.63, 3.8) is 0 Å². The molecule has 0 saturated heterocycles. The van der Waals surface area contributed by atoms with E-state index in [0.29, 0.717) is 10.9 Å². The zero-order chi connectivity index (χ0) is 33.4. The van der Waals surface area contributed by atoms with Crippen LogP contribution < -0.4 is 20.5 Å². The molecule has 2 amide bonds. The number of nitrogens with one attached hydrogen (secondary N) is 1. The number of methoxy groups -OCH3 is 1. The number of nitrogens with two attached hydrogens (primary N) is 1. The highest BCUT2D eigenvalue weighted by atomic mass is 32.1.